The molecule has 1 aromatic carbocycles. The molecule has 0 radical (unpaired) electrons. The van der Waals surface area contributed by atoms with Crippen LogP contribution in [0.15, 0.2) is 18.2 Å². The fraction of sp³-hybridized carbons (Fsp3) is 0.500. The Morgan fingerprint density at radius 3 is 2.94 bits per heavy atom. The van der Waals surface area contributed by atoms with Gasteiger partial charge >= 0.3 is 5.97 Å². The largest absolute Gasteiger partial charge is 0.478 e. The van der Waals surface area contributed by atoms with E-state index in [0.29, 0.717) is 5.56 Å². The SMILES string of the molecule is CCCCCN1CCc2cc(C(=O)O)ccc21. The van der Waals surface area contributed by atoms with E-state index in [9.17, 15) is 4.79 Å². The summed E-state index contributed by atoms with van der Waals surface area (Å²) in [4.78, 5) is 13.3. The first-order chi connectivity index (χ1) is 8.22. The third-order valence-corrected chi connectivity index (χ3v) is 3.35. The van der Waals surface area contributed by atoms with E-state index in [1.807, 2.05) is 12.1 Å². The van der Waals surface area contributed by atoms with E-state index in [1.165, 1.54) is 30.5 Å². The zero-order valence-corrected chi connectivity index (χ0v) is 10.3. The fourth-order valence-electron chi connectivity index (χ4n) is 2.39. The summed E-state index contributed by atoms with van der Waals surface area (Å²) in [5.41, 5.74) is 2.81. The first-order valence-electron chi connectivity index (χ1n) is 6.33. The van der Waals surface area contributed by atoms with Gasteiger partial charge < -0.3 is 10.0 Å². The van der Waals surface area contributed by atoms with Crippen molar-refractivity contribution in [3.05, 3.63) is 29.3 Å². The van der Waals surface area contributed by atoms with E-state index in [1.54, 1.807) is 6.07 Å². The number of hydrogen-bond donors (Lipinski definition) is 1. The van der Waals surface area contributed by atoms with Gasteiger partial charge in [-0.2, -0.15) is 0 Å². The van der Waals surface area contributed by atoms with E-state index in [4.69, 9.17) is 5.11 Å². The van der Waals surface area contributed by atoms with Crippen molar-refractivity contribution in [2.75, 3.05) is 18.0 Å². The molecule has 1 N–H and O–H groups in total. The molecule has 0 saturated carbocycles. The molecule has 0 atom stereocenters. The maximum atomic E-state index is 10.9. The van der Waals surface area contributed by atoms with E-state index in [2.05, 4.69) is 11.8 Å². The Morgan fingerprint density at radius 2 is 2.24 bits per heavy atom. The predicted molar refractivity (Wildman–Crippen MR) is 68.8 cm³/mol. The normalized spacial score (nSPS) is 13.8. The number of nitrogens with zero attached hydrogens (tertiary/aromatic N) is 1. The Balaban J connectivity index is 2.08. The lowest BCUT2D eigenvalue weighted by Gasteiger charge is -2.19. The van der Waals surface area contributed by atoms with Gasteiger partial charge in [0.25, 0.3) is 0 Å². The van der Waals surface area contributed by atoms with Gasteiger partial charge in [0.2, 0.25) is 0 Å². The minimum absolute atomic E-state index is 0.402. The average Bonchev–Trinajstić information content (AvgIpc) is 2.72. The van der Waals surface area contributed by atoms with Crippen LogP contribution in [0.3, 0.4) is 0 Å². The van der Waals surface area contributed by atoms with Crippen molar-refractivity contribution in [2.45, 2.75) is 32.6 Å². The van der Waals surface area contributed by atoms with Crippen molar-refractivity contribution in [2.24, 2.45) is 0 Å². The second-order valence-electron chi connectivity index (χ2n) is 4.59. The zero-order valence-electron chi connectivity index (χ0n) is 10.3. The Labute approximate surface area is 102 Å². The van der Waals surface area contributed by atoms with Crippen LogP contribution in [0.1, 0.15) is 42.1 Å². The highest BCUT2D eigenvalue weighted by Gasteiger charge is 2.19. The topological polar surface area (TPSA) is 40.5 Å². The molecule has 1 heterocycles. The molecule has 92 valence electrons. The lowest BCUT2D eigenvalue weighted by molar-refractivity contribution is 0.0697. The minimum Gasteiger partial charge on any atom is -0.478 e. The van der Waals surface area contributed by atoms with Gasteiger partial charge in [-0.15, -0.1) is 0 Å². The van der Waals surface area contributed by atoms with Gasteiger partial charge in [-0.1, -0.05) is 19.8 Å². The molecule has 17 heavy (non-hydrogen) atoms. The molecule has 0 amide bonds. The maximum Gasteiger partial charge on any atom is 0.335 e. The predicted octanol–water partition coefficient (Wildman–Crippen LogP) is 2.94. The molecular formula is C14H19NO2. The van der Waals surface area contributed by atoms with Gasteiger partial charge in [0.1, 0.15) is 0 Å². The van der Waals surface area contributed by atoms with E-state index < -0.39 is 5.97 Å². The number of carboxylic acids is 1. The molecule has 0 spiro atoms. The highest BCUT2D eigenvalue weighted by atomic mass is 16.4. The van der Waals surface area contributed by atoms with Gasteiger partial charge in [0.05, 0.1) is 5.56 Å². The van der Waals surface area contributed by atoms with Crippen molar-refractivity contribution in [3.8, 4) is 0 Å². The number of carbonyl (C=O) groups is 1. The summed E-state index contributed by atoms with van der Waals surface area (Å²) in [5, 5.41) is 8.94. The summed E-state index contributed by atoms with van der Waals surface area (Å²) in [7, 11) is 0. The molecule has 0 aliphatic carbocycles. The third kappa shape index (κ3) is 2.60. The summed E-state index contributed by atoms with van der Waals surface area (Å²) < 4.78 is 0. The molecule has 1 aliphatic rings. The van der Waals surface area contributed by atoms with E-state index in [-0.39, 0.29) is 0 Å². The number of aromatic carboxylic acids is 1. The number of rotatable bonds is 5. The second-order valence-corrected chi connectivity index (χ2v) is 4.59. The molecule has 0 saturated heterocycles. The van der Waals surface area contributed by atoms with Gasteiger partial charge in [0.15, 0.2) is 0 Å². The van der Waals surface area contributed by atoms with E-state index in [0.717, 1.165) is 19.5 Å². The number of fused-ring (bicyclic) bond motifs is 1. The zero-order chi connectivity index (χ0) is 12.3. The fourth-order valence-corrected chi connectivity index (χ4v) is 2.39. The second kappa shape index (κ2) is 5.21. The standard InChI is InChI=1S/C14H19NO2/c1-2-3-4-8-15-9-7-11-10-12(14(16)17)5-6-13(11)15/h5-6,10H,2-4,7-9H2,1H3,(H,16,17). The quantitative estimate of drug-likeness (QED) is 0.795. The lowest BCUT2D eigenvalue weighted by Crippen LogP contribution is -2.21. The van der Waals surface area contributed by atoms with Crippen LogP contribution in [-0.2, 0) is 6.42 Å². The van der Waals surface area contributed by atoms with Crippen LogP contribution in [0.4, 0.5) is 5.69 Å². The van der Waals surface area contributed by atoms with Crippen molar-refractivity contribution in [1.82, 2.24) is 0 Å². The third-order valence-electron chi connectivity index (χ3n) is 3.35. The number of benzene rings is 1. The number of carboxylic acid groups (broad SMARTS) is 1. The van der Waals surface area contributed by atoms with Crippen LogP contribution in [0, 0.1) is 0 Å². The van der Waals surface area contributed by atoms with Crippen molar-refractivity contribution in [1.29, 1.82) is 0 Å². The van der Waals surface area contributed by atoms with Gasteiger partial charge in [-0.05, 0) is 36.6 Å². The van der Waals surface area contributed by atoms with Gasteiger partial charge in [-0.25, -0.2) is 4.79 Å². The first-order valence-corrected chi connectivity index (χ1v) is 6.33. The number of hydrogen-bond acceptors (Lipinski definition) is 2. The molecule has 0 fully saturated rings. The monoisotopic (exact) mass is 233 g/mol. The van der Waals surface area contributed by atoms with Gasteiger partial charge in [0, 0.05) is 18.8 Å². The molecule has 0 bridgehead atoms. The average molecular weight is 233 g/mol. The van der Waals surface area contributed by atoms with Crippen LogP contribution in [0.2, 0.25) is 0 Å². The summed E-state index contributed by atoms with van der Waals surface area (Å²) in [6.45, 7) is 4.33. The van der Waals surface area contributed by atoms with Crippen LogP contribution in [0.25, 0.3) is 0 Å². The summed E-state index contributed by atoms with van der Waals surface area (Å²) in [6.07, 6.45) is 4.69. The Morgan fingerprint density at radius 1 is 1.41 bits per heavy atom. The van der Waals surface area contributed by atoms with Crippen LogP contribution in [-0.4, -0.2) is 24.2 Å². The summed E-state index contributed by atoms with van der Waals surface area (Å²) >= 11 is 0. The van der Waals surface area contributed by atoms with Crippen molar-refractivity contribution < 1.29 is 9.90 Å². The number of unbranched alkanes of at least 4 members (excludes halogenated alkanes) is 2. The lowest BCUT2D eigenvalue weighted by atomic mass is 10.1. The highest BCUT2D eigenvalue weighted by molar-refractivity contribution is 5.88. The molecule has 0 aromatic heterocycles. The molecule has 3 nitrogen and oxygen atoms in total. The Bertz CT molecular complexity index is 415. The summed E-state index contributed by atoms with van der Waals surface area (Å²) in [5.74, 6) is -0.836. The molecule has 1 aliphatic heterocycles. The maximum absolute atomic E-state index is 10.9. The smallest absolute Gasteiger partial charge is 0.335 e. The first kappa shape index (κ1) is 12.0. The van der Waals surface area contributed by atoms with Crippen molar-refractivity contribution >= 4 is 11.7 Å². The minimum atomic E-state index is -0.836. The highest BCUT2D eigenvalue weighted by Crippen LogP contribution is 2.29. The summed E-state index contributed by atoms with van der Waals surface area (Å²) in [6, 6.07) is 5.48. The molecule has 1 aromatic rings. The van der Waals surface area contributed by atoms with Gasteiger partial charge in [-0.3, -0.25) is 0 Å². The Hall–Kier alpha value is -1.51. The van der Waals surface area contributed by atoms with Crippen LogP contribution < -0.4 is 4.90 Å². The van der Waals surface area contributed by atoms with Crippen molar-refractivity contribution in [3.63, 3.8) is 0 Å². The number of anilines is 1. The van der Waals surface area contributed by atoms with Crippen LogP contribution in [0.5, 0.6) is 0 Å². The van der Waals surface area contributed by atoms with E-state index >= 15 is 0 Å². The molecule has 3 heteroatoms. The van der Waals surface area contributed by atoms with Crippen LogP contribution >= 0.6 is 0 Å². The molecule has 2 rings (SSSR count). The Kier molecular flexibility index (Phi) is 3.67. The molecular weight excluding hydrogens is 214 g/mol. The molecule has 0 unspecified atom stereocenters.